The highest BCUT2D eigenvalue weighted by Gasteiger charge is 2.18. The third kappa shape index (κ3) is 2.70. The van der Waals surface area contributed by atoms with E-state index in [4.69, 9.17) is 5.11 Å². The van der Waals surface area contributed by atoms with Crippen molar-refractivity contribution in [3.8, 4) is 10.7 Å². The number of aromatic nitrogens is 4. The molecule has 17 heavy (non-hydrogen) atoms. The Bertz CT molecular complexity index is 539. The summed E-state index contributed by atoms with van der Waals surface area (Å²) >= 11 is 4.87. The maximum Gasteiger partial charge on any atom is 0.305 e. The summed E-state index contributed by atoms with van der Waals surface area (Å²) in [6.07, 6.45) is -0.00934. The van der Waals surface area contributed by atoms with Crippen molar-refractivity contribution < 1.29 is 9.90 Å². The topological polar surface area (TPSA) is 80.9 Å². The molecule has 0 aliphatic heterocycles. The van der Waals surface area contributed by atoms with Crippen molar-refractivity contribution in [2.24, 2.45) is 0 Å². The fourth-order valence-corrected chi connectivity index (χ4v) is 2.79. The van der Waals surface area contributed by atoms with Crippen molar-refractivity contribution in [2.45, 2.75) is 19.4 Å². The van der Waals surface area contributed by atoms with E-state index in [1.54, 1.807) is 6.92 Å². The molecular formula is C9H9BrN4O2S. The summed E-state index contributed by atoms with van der Waals surface area (Å²) in [5, 5.41) is 20.1. The standard InChI is InChI=1S/C9H9BrN4O2S/c1-5(4-8(15)16)14-9(11-12-13-14)6-2-3-7(10)17-6/h2-3,5H,4H2,1H3,(H,15,16). The summed E-state index contributed by atoms with van der Waals surface area (Å²) in [6.45, 7) is 1.77. The van der Waals surface area contributed by atoms with Gasteiger partial charge in [-0.15, -0.1) is 16.4 Å². The fraction of sp³-hybridized carbons (Fsp3) is 0.333. The van der Waals surface area contributed by atoms with Gasteiger partial charge in [-0.1, -0.05) is 0 Å². The van der Waals surface area contributed by atoms with Gasteiger partial charge in [0.2, 0.25) is 0 Å². The number of nitrogens with zero attached hydrogens (tertiary/aromatic N) is 4. The number of carbonyl (C=O) groups is 1. The molecule has 2 heterocycles. The van der Waals surface area contributed by atoms with E-state index in [1.165, 1.54) is 16.0 Å². The van der Waals surface area contributed by atoms with Crippen molar-refractivity contribution in [1.29, 1.82) is 0 Å². The highest BCUT2D eigenvalue weighted by Crippen LogP contribution is 2.30. The summed E-state index contributed by atoms with van der Waals surface area (Å²) in [4.78, 5) is 11.6. The van der Waals surface area contributed by atoms with Crippen molar-refractivity contribution >= 4 is 33.2 Å². The van der Waals surface area contributed by atoms with Gasteiger partial charge in [-0.2, -0.15) is 0 Å². The Kier molecular flexibility index (Phi) is 3.53. The molecule has 8 heteroatoms. The van der Waals surface area contributed by atoms with Crippen LogP contribution in [0.1, 0.15) is 19.4 Å². The molecule has 0 bridgehead atoms. The molecule has 0 radical (unpaired) electrons. The predicted molar refractivity (Wildman–Crippen MR) is 65.8 cm³/mol. The number of rotatable bonds is 4. The predicted octanol–water partition coefficient (Wildman–Crippen LogP) is 2.20. The van der Waals surface area contributed by atoms with E-state index in [0.29, 0.717) is 5.82 Å². The second-order valence-corrected chi connectivity index (χ2v) is 5.96. The molecule has 6 nitrogen and oxygen atoms in total. The average molecular weight is 317 g/mol. The zero-order valence-corrected chi connectivity index (χ0v) is 11.3. The van der Waals surface area contributed by atoms with Gasteiger partial charge in [-0.3, -0.25) is 4.79 Å². The second-order valence-electron chi connectivity index (χ2n) is 3.50. The van der Waals surface area contributed by atoms with Gasteiger partial charge in [0.15, 0.2) is 5.82 Å². The fourth-order valence-electron chi connectivity index (χ4n) is 1.43. The first kappa shape index (κ1) is 12.2. The van der Waals surface area contributed by atoms with E-state index in [9.17, 15) is 4.79 Å². The monoisotopic (exact) mass is 316 g/mol. The maximum atomic E-state index is 10.7. The van der Waals surface area contributed by atoms with E-state index in [2.05, 4.69) is 31.5 Å². The molecule has 1 unspecified atom stereocenters. The van der Waals surface area contributed by atoms with Crippen LogP contribution in [0.15, 0.2) is 15.9 Å². The summed E-state index contributed by atoms with van der Waals surface area (Å²) < 4.78 is 2.51. The van der Waals surface area contributed by atoms with Crippen LogP contribution in [0.25, 0.3) is 10.7 Å². The summed E-state index contributed by atoms with van der Waals surface area (Å²) in [7, 11) is 0. The van der Waals surface area contributed by atoms with Crippen LogP contribution in [0, 0.1) is 0 Å². The lowest BCUT2D eigenvalue weighted by Gasteiger charge is -2.09. The Labute approximate surface area is 109 Å². The molecule has 0 spiro atoms. The van der Waals surface area contributed by atoms with Crippen LogP contribution >= 0.6 is 27.3 Å². The Morgan fingerprint density at radius 2 is 2.41 bits per heavy atom. The number of thiophene rings is 1. The molecule has 1 N–H and O–H groups in total. The molecular weight excluding hydrogens is 308 g/mol. The Balaban J connectivity index is 2.31. The van der Waals surface area contributed by atoms with E-state index in [1.807, 2.05) is 12.1 Å². The molecule has 0 aliphatic rings. The Morgan fingerprint density at radius 3 is 3.00 bits per heavy atom. The number of carboxylic acid groups (broad SMARTS) is 1. The number of hydrogen-bond acceptors (Lipinski definition) is 5. The van der Waals surface area contributed by atoms with E-state index in [-0.39, 0.29) is 12.5 Å². The molecule has 2 rings (SSSR count). The van der Waals surface area contributed by atoms with Gasteiger partial charge in [0, 0.05) is 0 Å². The van der Waals surface area contributed by atoms with Gasteiger partial charge >= 0.3 is 5.97 Å². The molecule has 0 aromatic carbocycles. The van der Waals surface area contributed by atoms with Crippen molar-refractivity contribution in [3.63, 3.8) is 0 Å². The molecule has 2 aromatic rings. The van der Waals surface area contributed by atoms with Crippen LogP contribution in [-0.2, 0) is 4.79 Å². The average Bonchev–Trinajstić information content (AvgIpc) is 2.83. The van der Waals surface area contributed by atoms with Gasteiger partial charge in [0.05, 0.1) is 21.1 Å². The number of tetrazole rings is 1. The number of hydrogen-bond donors (Lipinski definition) is 1. The maximum absolute atomic E-state index is 10.7. The third-order valence-corrected chi connectivity index (χ3v) is 3.79. The van der Waals surface area contributed by atoms with E-state index < -0.39 is 5.97 Å². The first-order valence-corrected chi connectivity index (χ1v) is 6.44. The van der Waals surface area contributed by atoms with Gasteiger partial charge in [0.25, 0.3) is 0 Å². The van der Waals surface area contributed by atoms with Crippen LogP contribution < -0.4 is 0 Å². The zero-order chi connectivity index (χ0) is 12.4. The lowest BCUT2D eigenvalue weighted by Crippen LogP contribution is -2.13. The lowest BCUT2D eigenvalue weighted by atomic mass is 10.2. The molecule has 0 aliphatic carbocycles. The second kappa shape index (κ2) is 4.92. The van der Waals surface area contributed by atoms with E-state index >= 15 is 0 Å². The van der Waals surface area contributed by atoms with Crippen molar-refractivity contribution in [2.75, 3.05) is 0 Å². The van der Waals surface area contributed by atoms with Crippen LogP contribution in [0.4, 0.5) is 0 Å². The summed E-state index contributed by atoms with van der Waals surface area (Å²) in [5.41, 5.74) is 0. The minimum Gasteiger partial charge on any atom is -0.481 e. The van der Waals surface area contributed by atoms with Gasteiger partial charge in [-0.05, 0) is 45.4 Å². The molecule has 0 saturated carbocycles. The Hall–Kier alpha value is -1.28. The van der Waals surface area contributed by atoms with Gasteiger partial charge in [0.1, 0.15) is 0 Å². The molecule has 0 amide bonds. The number of aliphatic carboxylic acids is 1. The summed E-state index contributed by atoms with van der Waals surface area (Å²) in [6, 6.07) is 3.52. The van der Waals surface area contributed by atoms with Crippen LogP contribution in [-0.4, -0.2) is 31.3 Å². The first-order valence-electron chi connectivity index (χ1n) is 4.83. The molecule has 0 saturated heterocycles. The van der Waals surface area contributed by atoms with Crippen LogP contribution in [0.2, 0.25) is 0 Å². The van der Waals surface area contributed by atoms with Crippen LogP contribution in [0.5, 0.6) is 0 Å². The highest BCUT2D eigenvalue weighted by molar-refractivity contribution is 9.11. The number of halogens is 1. The summed E-state index contributed by atoms with van der Waals surface area (Å²) in [5.74, 6) is -0.277. The largest absolute Gasteiger partial charge is 0.481 e. The molecule has 90 valence electrons. The van der Waals surface area contributed by atoms with Crippen molar-refractivity contribution in [3.05, 3.63) is 15.9 Å². The normalized spacial score (nSPS) is 12.6. The lowest BCUT2D eigenvalue weighted by molar-refractivity contribution is -0.137. The van der Waals surface area contributed by atoms with Crippen molar-refractivity contribution in [1.82, 2.24) is 20.2 Å². The quantitative estimate of drug-likeness (QED) is 0.935. The zero-order valence-electron chi connectivity index (χ0n) is 8.87. The Morgan fingerprint density at radius 1 is 1.65 bits per heavy atom. The first-order chi connectivity index (χ1) is 8.08. The highest BCUT2D eigenvalue weighted by atomic mass is 79.9. The third-order valence-electron chi connectivity index (χ3n) is 2.17. The number of carboxylic acids is 1. The SMILES string of the molecule is CC(CC(=O)O)n1nnnc1-c1ccc(Br)s1. The minimum absolute atomic E-state index is 0.00934. The minimum atomic E-state index is -0.869. The van der Waals surface area contributed by atoms with Gasteiger partial charge in [-0.25, -0.2) is 4.68 Å². The smallest absolute Gasteiger partial charge is 0.305 e. The van der Waals surface area contributed by atoms with Crippen LogP contribution in [0.3, 0.4) is 0 Å². The molecule has 2 aromatic heterocycles. The molecule has 0 fully saturated rings. The van der Waals surface area contributed by atoms with E-state index in [0.717, 1.165) is 8.66 Å². The van der Waals surface area contributed by atoms with Gasteiger partial charge < -0.3 is 5.11 Å². The molecule has 1 atom stereocenters.